The van der Waals surface area contributed by atoms with Crippen LogP contribution in [0.15, 0.2) is 18.2 Å². The molecule has 1 unspecified atom stereocenters. The minimum Gasteiger partial charge on any atom is -0.454 e. The molecule has 0 aromatic heterocycles. The predicted molar refractivity (Wildman–Crippen MR) is 62.0 cm³/mol. The van der Waals surface area contributed by atoms with Crippen molar-refractivity contribution >= 4 is 0 Å². The molecule has 1 aromatic carbocycles. The highest BCUT2D eigenvalue weighted by Gasteiger charge is 2.18. The van der Waals surface area contributed by atoms with Gasteiger partial charge in [-0.15, -0.1) is 0 Å². The quantitative estimate of drug-likeness (QED) is 0.786. The molecule has 1 aromatic rings. The maximum atomic E-state index is 5.42. The molecular weight excluding hydrogens is 202 g/mol. The van der Waals surface area contributed by atoms with Gasteiger partial charge in [0.1, 0.15) is 0 Å². The molecule has 3 rings (SSSR count). The monoisotopic (exact) mass is 219 g/mol. The van der Waals surface area contributed by atoms with E-state index in [9.17, 15) is 0 Å². The van der Waals surface area contributed by atoms with E-state index in [2.05, 4.69) is 17.4 Å². The third-order valence-electron chi connectivity index (χ3n) is 3.44. The van der Waals surface area contributed by atoms with Gasteiger partial charge in [0.15, 0.2) is 11.5 Å². The highest BCUT2D eigenvalue weighted by molar-refractivity contribution is 5.45. The molecule has 86 valence electrons. The Morgan fingerprint density at radius 1 is 1.06 bits per heavy atom. The summed E-state index contributed by atoms with van der Waals surface area (Å²) in [6.45, 7) is 2.64. The lowest BCUT2D eigenvalue weighted by Gasteiger charge is -2.14. The molecule has 0 saturated carbocycles. The van der Waals surface area contributed by atoms with Crippen LogP contribution in [0.3, 0.4) is 0 Å². The molecule has 0 aliphatic carbocycles. The van der Waals surface area contributed by atoms with Crippen LogP contribution in [-0.4, -0.2) is 19.9 Å². The smallest absolute Gasteiger partial charge is 0.231 e. The normalized spacial score (nSPS) is 24.1. The third-order valence-corrected chi connectivity index (χ3v) is 3.44. The Morgan fingerprint density at radius 3 is 3.00 bits per heavy atom. The van der Waals surface area contributed by atoms with Gasteiger partial charge in [0, 0.05) is 0 Å². The third kappa shape index (κ3) is 1.87. The fraction of sp³-hybridized carbons (Fsp3) is 0.538. The first-order valence-electron chi connectivity index (χ1n) is 6.04. The second-order valence-electron chi connectivity index (χ2n) is 4.49. The zero-order chi connectivity index (χ0) is 10.8. The van der Waals surface area contributed by atoms with Gasteiger partial charge >= 0.3 is 0 Å². The van der Waals surface area contributed by atoms with E-state index in [0.717, 1.165) is 24.6 Å². The predicted octanol–water partition coefficient (Wildman–Crippen LogP) is 2.27. The van der Waals surface area contributed by atoms with Gasteiger partial charge in [0.25, 0.3) is 0 Å². The van der Waals surface area contributed by atoms with Crippen LogP contribution in [0.1, 0.15) is 30.7 Å². The number of fused-ring (bicyclic) bond motifs is 1. The molecule has 1 fully saturated rings. The molecule has 0 radical (unpaired) electrons. The Balaban J connectivity index is 1.82. The highest BCUT2D eigenvalue weighted by atomic mass is 16.7. The lowest BCUT2D eigenvalue weighted by molar-refractivity contribution is 0.174. The van der Waals surface area contributed by atoms with Gasteiger partial charge in [-0.3, -0.25) is 0 Å². The molecule has 2 heterocycles. The van der Waals surface area contributed by atoms with Crippen molar-refractivity contribution in [2.75, 3.05) is 19.9 Å². The summed E-state index contributed by atoms with van der Waals surface area (Å²) in [6, 6.07) is 6.37. The minimum atomic E-state index is 0.366. The topological polar surface area (TPSA) is 30.5 Å². The summed E-state index contributed by atoms with van der Waals surface area (Å²) < 4.78 is 10.8. The Morgan fingerprint density at radius 2 is 2.00 bits per heavy atom. The number of nitrogens with one attached hydrogen (secondary N) is 1. The summed E-state index contributed by atoms with van der Waals surface area (Å²) in [6.07, 6.45) is 3.76. The van der Waals surface area contributed by atoms with E-state index in [1.54, 1.807) is 0 Å². The van der Waals surface area contributed by atoms with Gasteiger partial charge in [-0.2, -0.15) is 0 Å². The van der Waals surface area contributed by atoms with Crippen LogP contribution in [0.25, 0.3) is 0 Å². The average molecular weight is 219 g/mol. The Bertz CT molecular complexity index is 370. The van der Waals surface area contributed by atoms with Crippen LogP contribution in [0.4, 0.5) is 0 Å². The van der Waals surface area contributed by atoms with Gasteiger partial charge in [0.05, 0.1) is 0 Å². The van der Waals surface area contributed by atoms with Crippen LogP contribution < -0.4 is 14.8 Å². The van der Waals surface area contributed by atoms with Gasteiger partial charge in [0.2, 0.25) is 6.79 Å². The van der Waals surface area contributed by atoms with Crippen molar-refractivity contribution in [1.29, 1.82) is 0 Å². The van der Waals surface area contributed by atoms with E-state index in [1.807, 2.05) is 6.07 Å². The lowest BCUT2D eigenvalue weighted by atomic mass is 9.92. The SMILES string of the molecule is c1cc2c(cc1C1CCCNCC1)OCO2. The maximum Gasteiger partial charge on any atom is 0.231 e. The highest BCUT2D eigenvalue weighted by Crippen LogP contribution is 2.36. The second kappa shape index (κ2) is 4.34. The summed E-state index contributed by atoms with van der Waals surface area (Å²) >= 11 is 0. The van der Waals surface area contributed by atoms with E-state index in [-0.39, 0.29) is 0 Å². The molecule has 3 heteroatoms. The first kappa shape index (κ1) is 9.97. The molecule has 0 amide bonds. The number of rotatable bonds is 1. The molecule has 2 aliphatic heterocycles. The van der Waals surface area contributed by atoms with Gasteiger partial charge in [-0.1, -0.05) is 6.07 Å². The first-order valence-corrected chi connectivity index (χ1v) is 6.04. The number of hydrogen-bond acceptors (Lipinski definition) is 3. The molecule has 1 saturated heterocycles. The summed E-state index contributed by atoms with van der Waals surface area (Å²) in [5.74, 6) is 2.47. The Hall–Kier alpha value is -1.22. The summed E-state index contributed by atoms with van der Waals surface area (Å²) in [7, 11) is 0. The number of hydrogen-bond donors (Lipinski definition) is 1. The van der Waals surface area contributed by atoms with Crippen LogP contribution in [0.5, 0.6) is 11.5 Å². The second-order valence-corrected chi connectivity index (χ2v) is 4.49. The van der Waals surface area contributed by atoms with Crippen molar-refractivity contribution in [3.05, 3.63) is 23.8 Å². The fourth-order valence-electron chi connectivity index (χ4n) is 2.52. The standard InChI is InChI=1S/C13H17NO2/c1-2-10(5-7-14-6-1)11-3-4-12-13(8-11)16-9-15-12/h3-4,8,10,14H,1-2,5-7,9H2. The largest absolute Gasteiger partial charge is 0.454 e. The summed E-state index contributed by atoms with van der Waals surface area (Å²) in [4.78, 5) is 0. The molecule has 0 spiro atoms. The van der Waals surface area contributed by atoms with Gasteiger partial charge in [-0.05, 0) is 56.0 Å². The lowest BCUT2D eigenvalue weighted by Crippen LogP contribution is -2.13. The number of ether oxygens (including phenoxy) is 2. The van der Waals surface area contributed by atoms with E-state index < -0.39 is 0 Å². The van der Waals surface area contributed by atoms with E-state index in [4.69, 9.17) is 9.47 Å². The van der Waals surface area contributed by atoms with Crippen molar-refractivity contribution in [3.8, 4) is 11.5 Å². The molecule has 1 N–H and O–H groups in total. The molecule has 2 aliphatic rings. The van der Waals surface area contributed by atoms with Crippen molar-refractivity contribution < 1.29 is 9.47 Å². The summed E-state index contributed by atoms with van der Waals surface area (Å²) in [5, 5.41) is 3.44. The minimum absolute atomic E-state index is 0.366. The van der Waals surface area contributed by atoms with E-state index >= 15 is 0 Å². The number of benzene rings is 1. The summed E-state index contributed by atoms with van der Waals surface area (Å²) in [5.41, 5.74) is 1.40. The fourth-order valence-corrected chi connectivity index (χ4v) is 2.52. The van der Waals surface area contributed by atoms with Crippen LogP contribution in [-0.2, 0) is 0 Å². The zero-order valence-electron chi connectivity index (χ0n) is 9.37. The van der Waals surface area contributed by atoms with Crippen LogP contribution in [0, 0.1) is 0 Å². The van der Waals surface area contributed by atoms with E-state index in [0.29, 0.717) is 12.7 Å². The Labute approximate surface area is 95.8 Å². The van der Waals surface area contributed by atoms with Crippen molar-refractivity contribution in [2.24, 2.45) is 0 Å². The molecule has 3 nitrogen and oxygen atoms in total. The van der Waals surface area contributed by atoms with Gasteiger partial charge in [-0.25, -0.2) is 0 Å². The molecule has 0 bridgehead atoms. The van der Waals surface area contributed by atoms with Gasteiger partial charge < -0.3 is 14.8 Å². The van der Waals surface area contributed by atoms with Crippen LogP contribution in [0.2, 0.25) is 0 Å². The van der Waals surface area contributed by atoms with Crippen molar-refractivity contribution in [3.63, 3.8) is 0 Å². The molecule has 1 atom stereocenters. The molecule has 16 heavy (non-hydrogen) atoms. The zero-order valence-corrected chi connectivity index (χ0v) is 9.37. The van der Waals surface area contributed by atoms with E-state index in [1.165, 1.54) is 24.8 Å². The van der Waals surface area contributed by atoms with Crippen molar-refractivity contribution in [2.45, 2.75) is 25.2 Å². The first-order chi connectivity index (χ1) is 7.93. The molecular formula is C13H17NO2. The van der Waals surface area contributed by atoms with Crippen LogP contribution >= 0.6 is 0 Å². The Kier molecular flexibility index (Phi) is 2.70. The van der Waals surface area contributed by atoms with Crippen molar-refractivity contribution in [1.82, 2.24) is 5.32 Å². The maximum absolute atomic E-state index is 5.42. The average Bonchev–Trinajstić information content (AvgIpc) is 2.61.